The van der Waals surface area contributed by atoms with E-state index in [0.717, 1.165) is 17.9 Å². The Kier molecular flexibility index (Phi) is 10.9. The lowest BCUT2D eigenvalue weighted by Crippen LogP contribution is -1.99. The topological polar surface area (TPSA) is 17.1 Å². The summed E-state index contributed by atoms with van der Waals surface area (Å²) in [5, 5.41) is -0.402. The Hall–Kier alpha value is -0.560. The average Bonchev–Trinajstić information content (AvgIpc) is 2.33. The van der Waals surface area contributed by atoms with Crippen molar-refractivity contribution in [1.82, 2.24) is 0 Å². The molecular formula is C17H29ClO. The smallest absolute Gasteiger partial charge is 0.245 e. The Morgan fingerprint density at radius 2 is 1.84 bits per heavy atom. The van der Waals surface area contributed by atoms with Crippen LogP contribution < -0.4 is 0 Å². The molecule has 0 radical (unpaired) electrons. The molecule has 0 N–H and O–H groups in total. The van der Waals surface area contributed by atoms with E-state index in [1.165, 1.54) is 38.2 Å². The zero-order valence-corrected chi connectivity index (χ0v) is 13.7. The van der Waals surface area contributed by atoms with Crippen LogP contribution in [0.5, 0.6) is 0 Å². The van der Waals surface area contributed by atoms with E-state index in [0.29, 0.717) is 5.92 Å². The lowest BCUT2D eigenvalue weighted by molar-refractivity contribution is -0.107. The molecule has 0 rings (SSSR count). The molecule has 0 spiro atoms. The van der Waals surface area contributed by atoms with Gasteiger partial charge in [-0.1, -0.05) is 65.0 Å². The Labute approximate surface area is 124 Å². The highest BCUT2D eigenvalue weighted by molar-refractivity contribution is 6.66. The van der Waals surface area contributed by atoms with Crippen LogP contribution in [0.3, 0.4) is 0 Å². The summed E-state index contributed by atoms with van der Waals surface area (Å²) in [5.41, 5.74) is 0.921. The quantitative estimate of drug-likeness (QED) is 0.278. The largest absolute Gasteiger partial charge is 0.276 e. The Bertz CT molecular complexity index is 300. The Morgan fingerprint density at radius 1 is 1.21 bits per heavy atom. The van der Waals surface area contributed by atoms with Gasteiger partial charge in [0.1, 0.15) is 0 Å². The Morgan fingerprint density at radius 3 is 2.37 bits per heavy atom. The first-order valence-electron chi connectivity index (χ1n) is 7.53. The van der Waals surface area contributed by atoms with Crippen molar-refractivity contribution >= 4 is 16.8 Å². The Balaban J connectivity index is 3.84. The van der Waals surface area contributed by atoms with Crippen molar-refractivity contribution in [2.24, 2.45) is 11.8 Å². The highest BCUT2D eigenvalue weighted by Gasteiger charge is 2.05. The van der Waals surface area contributed by atoms with Gasteiger partial charge in [-0.2, -0.15) is 0 Å². The summed E-state index contributed by atoms with van der Waals surface area (Å²) in [7, 11) is 0. The van der Waals surface area contributed by atoms with E-state index >= 15 is 0 Å². The van der Waals surface area contributed by atoms with Crippen molar-refractivity contribution in [2.75, 3.05) is 0 Å². The molecule has 0 aromatic carbocycles. The van der Waals surface area contributed by atoms with Crippen LogP contribution in [0, 0.1) is 11.8 Å². The molecule has 19 heavy (non-hydrogen) atoms. The second kappa shape index (κ2) is 11.3. The molecule has 0 aromatic rings. The number of halogens is 1. The summed E-state index contributed by atoms with van der Waals surface area (Å²) >= 11 is 5.29. The van der Waals surface area contributed by atoms with Gasteiger partial charge in [0.2, 0.25) is 5.24 Å². The van der Waals surface area contributed by atoms with Crippen molar-refractivity contribution < 1.29 is 4.79 Å². The van der Waals surface area contributed by atoms with Crippen LogP contribution in [-0.2, 0) is 4.79 Å². The fourth-order valence-corrected chi connectivity index (χ4v) is 2.46. The summed E-state index contributed by atoms with van der Waals surface area (Å²) in [5.74, 6) is 1.62. The van der Waals surface area contributed by atoms with Gasteiger partial charge in [0.25, 0.3) is 0 Å². The van der Waals surface area contributed by atoms with Gasteiger partial charge in [-0.15, -0.1) is 0 Å². The SMILES string of the molecule is CCC(CC)CCCC(C)C/C=C/C(C)=C/C(=O)Cl. The molecule has 0 bridgehead atoms. The normalized spacial score (nSPS) is 14.3. The fraction of sp³-hybridized carbons (Fsp3) is 0.706. The first-order valence-corrected chi connectivity index (χ1v) is 7.91. The first kappa shape index (κ1) is 18.4. The molecule has 0 heterocycles. The van der Waals surface area contributed by atoms with Crippen LogP contribution in [0.25, 0.3) is 0 Å². The minimum absolute atomic E-state index is 0.402. The third kappa shape index (κ3) is 11.0. The molecule has 0 aromatic heterocycles. The van der Waals surface area contributed by atoms with Crippen LogP contribution in [0.4, 0.5) is 0 Å². The summed E-state index contributed by atoms with van der Waals surface area (Å²) in [6.07, 6.45) is 13.3. The van der Waals surface area contributed by atoms with Gasteiger partial charge in [-0.05, 0) is 42.4 Å². The summed E-state index contributed by atoms with van der Waals surface area (Å²) in [6.45, 7) is 8.76. The summed E-state index contributed by atoms with van der Waals surface area (Å²) in [4.78, 5) is 10.7. The van der Waals surface area contributed by atoms with Crippen LogP contribution in [0.2, 0.25) is 0 Å². The molecule has 0 amide bonds. The standard InChI is InChI=1S/C17H29ClO/c1-5-16(6-2)12-8-10-14(3)9-7-11-15(4)13-17(18)19/h7,11,13-14,16H,5-6,8-10,12H2,1-4H3/b11-7+,15-13+. The molecule has 0 saturated carbocycles. The number of carbonyl (C=O) groups excluding carboxylic acids is 1. The fourth-order valence-electron chi connectivity index (χ4n) is 2.28. The zero-order valence-electron chi connectivity index (χ0n) is 12.9. The number of hydrogen-bond acceptors (Lipinski definition) is 1. The zero-order chi connectivity index (χ0) is 14.7. The van der Waals surface area contributed by atoms with Crippen molar-refractivity contribution in [3.63, 3.8) is 0 Å². The van der Waals surface area contributed by atoms with Gasteiger partial charge >= 0.3 is 0 Å². The molecule has 0 aliphatic rings. The van der Waals surface area contributed by atoms with Crippen molar-refractivity contribution in [3.8, 4) is 0 Å². The molecule has 1 atom stereocenters. The predicted molar refractivity (Wildman–Crippen MR) is 85.5 cm³/mol. The van der Waals surface area contributed by atoms with E-state index in [1.807, 2.05) is 13.0 Å². The third-order valence-corrected chi connectivity index (χ3v) is 3.83. The second-order valence-electron chi connectivity index (χ2n) is 5.55. The van der Waals surface area contributed by atoms with Crippen LogP contribution in [-0.4, -0.2) is 5.24 Å². The monoisotopic (exact) mass is 284 g/mol. The third-order valence-electron chi connectivity index (χ3n) is 3.72. The summed E-state index contributed by atoms with van der Waals surface area (Å²) < 4.78 is 0. The van der Waals surface area contributed by atoms with Crippen molar-refractivity contribution in [2.45, 2.75) is 66.2 Å². The number of carbonyl (C=O) groups is 1. The second-order valence-corrected chi connectivity index (χ2v) is 5.92. The van der Waals surface area contributed by atoms with E-state index in [4.69, 9.17) is 11.6 Å². The lowest BCUT2D eigenvalue weighted by Gasteiger charge is -2.13. The molecular weight excluding hydrogens is 256 g/mol. The molecule has 1 nitrogen and oxygen atoms in total. The van der Waals surface area contributed by atoms with Gasteiger partial charge in [-0.25, -0.2) is 0 Å². The van der Waals surface area contributed by atoms with Gasteiger partial charge in [0.15, 0.2) is 0 Å². The molecule has 1 unspecified atom stereocenters. The highest BCUT2D eigenvalue weighted by Crippen LogP contribution is 2.20. The van der Waals surface area contributed by atoms with Crippen LogP contribution in [0.15, 0.2) is 23.8 Å². The van der Waals surface area contributed by atoms with Crippen LogP contribution in [0.1, 0.15) is 66.2 Å². The van der Waals surface area contributed by atoms with Crippen LogP contribution >= 0.6 is 11.6 Å². The molecule has 0 aliphatic heterocycles. The van der Waals surface area contributed by atoms with E-state index in [-0.39, 0.29) is 0 Å². The lowest BCUT2D eigenvalue weighted by atomic mass is 9.93. The van der Waals surface area contributed by atoms with Gasteiger partial charge in [0.05, 0.1) is 0 Å². The molecule has 110 valence electrons. The molecule has 0 saturated heterocycles. The molecule has 0 fully saturated rings. The first-order chi connectivity index (χ1) is 8.99. The molecule has 2 heteroatoms. The van der Waals surface area contributed by atoms with Crippen molar-refractivity contribution in [3.05, 3.63) is 23.8 Å². The highest BCUT2D eigenvalue weighted by atomic mass is 35.5. The van der Waals surface area contributed by atoms with E-state index < -0.39 is 5.24 Å². The van der Waals surface area contributed by atoms with E-state index in [2.05, 4.69) is 26.8 Å². The van der Waals surface area contributed by atoms with Gasteiger partial charge in [-0.3, -0.25) is 4.79 Å². The minimum atomic E-state index is -0.402. The van der Waals surface area contributed by atoms with E-state index in [9.17, 15) is 4.79 Å². The number of allylic oxidation sites excluding steroid dienone is 4. The summed E-state index contributed by atoms with van der Waals surface area (Å²) in [6, 6.07) is 0. The number of rotatable bonds is 10. The maximum atomic E-state index is 10.7. The predicted octanol–water partition coefficient (Wildman–Crippen LogP) is 5.89. The minimum Gasteiger partial charge on any atom is -0.276 e. The van der Waals surface area contributed by atoms with Gasteiger partial charge in [0, 0.05) is 6.08 Å². The maximum absolute atomic E-state index is 10.7. The van der Waals surface area contributed by atoms with E-state index in [1.54, 1.807) is 0 Å². The van der Waals surface area contributed by atoms with Gasteiger partial charge < -0.3 is 0 Å². The van der Waals surface area contributed by atoms with Crippen molar-refractivity contribution in [1.29, 1.82) is 0 Å². The average molecular weight is 285 g/mol. The maximum Gasteiger partial charge on any atom is 0.245 e. The molecule has 0 aliphatic carbocycles. The number of hydrogen-bond donors (Lipinski definition) is 0.